The number of rotatable bonds is 2. The second kappa shape index (κ2) is 4.66. The quantitative estimate of drug-likeness (QED) is 0.672. The van der Waals surface area contributed by atoms with Crippen molar-refractivity contribution in [2.24, 2.45) is 0 Å². The van der Waals surface area contributed by atoms with E-state index in [1.807, 2.05) is 0 Å². The summed E-state index contributed by atoms with van der Waals surface area (Å²) in [6.07, 6.45) is -8.44. The van der Waals surface area contributed by atoms with Gasteiger partial charge in [-0.25, -0.2) is 0 Å². The Morgan fingerprint density at radius 1 is 0.944 bits per heavy atom. The molecule has 1 aromatic rings. The summed E-state index contributed by atoms with van der Waals surface area (Å²) in [5.41, 5.74) is -2.80. The van der Waals surface area contributed by atoms with Crippen LogP contribution in [0.25, 0.3) is 0 Å². The maximum atomic E-state index is 12.5. The zero-order valence-electron chi connectivity index (χ0n) is 9.28. The third-order valence-electron chi connectivity index (χ3n) is 2.35. The van der Waals surface area contributed by atoms with Gasteiger partial charge in [0, 0.05) is 5.92 Å². The van der Waals surface area contributed by atoms with Crippen LogP contribution < -0.4 is 0 Å². The molecule has 0 aliphatic carbocycles. The molecule has 0 bridgehead atoms. The molecule has 0 aromatic heterocycles. The summed E-state index contributed by atoms with van der Waals surface area (Å²) in [5.74, 6) is 0.242. The third kappa shape index (κ3) is 3.27. The van der Waals surface area contributed by atoms with Crippen LogP contribution in [0.15, 0.2) is 30.9 Å². The lowest BCUT2D eigenvalue weighted by atomic mass is 9.96. The number of hydrogen-bond donors (Lipinski definition) is 0. The van der Waals surface area contributed by atoms with Gasteiger partial charge in [-0.05, 0) is 23.8 Å². The average Bonchev–Trinajstić information content (AvgIpc) is 2.25. The van der Waals surface area contributed by atoms with E-state index in [-0.39, 0.29) is 17.5 Å². The Kier molecular flexibility index (Phi) is 3.78. The molecule has 0 N–H and O–H groups in total. The molecule has 0 spiro atoms. The second-order valence-corrected chi connectivity index (χ2v) is 3.68. The van der Waals surface area contributed by atoms with E-state index in [9.17, 15) is 26.3 Å². The minimum atomic E-state index is -4.82. The van der Waals surface area contributed by atoms with Gasteiger partial charge in [-0.2, -0.15) is 26.3 Å². The maximum absolute atomic E-state index is 12.5. The number of halogens is 6. The van der Waals surface area contributed by atoms with Crippen LogP contribution in [0.5, 0.6) is 0 Å². The van der Waals surface area contributed by atoms with Gasteiger partial charge in [0.2, 0.25) is 0 Å². The lowest BCUT2D eigenvalue weighted by molar-refractivity contribution is -0.143. The van der Waals surface area contributed by atoms with Gasteiger partial charge < -0.3 is 0 Å². The molecular weight excluding hydrogens is 258 g/mol. The molecule has 6 heteroatoms. The van der Waals surface area contributed by atoms with Gasteiger partial charge in [-0.3, -0.25) is 0 Å². The Balaban J connectivity index is 3.43. The Morgan fingerprint density at radius 3 is 1.61 bits per heavy atom. The first-order valence-electron chi connectivity index (χ1n) is 4.81. The first kappa shape index (κ1) is 14.6. The predicted molar refractivity (Wildman–Crippen MR) is 54.7 cm³/mol. The molecule has 1 aromatic carbocycles. The summed E-state index contributed by atoms with van der Waals surface area (Å²) in [6, 6.07) is 1.44. The average molecular weight is 267 g/mol. The summed E-state index contributed by atoms with van der Waals surface area (Å²) in [4.78, 5) is 0. The fourth-order valence-corrected chi connectivity index (χ4v) is 1.30. The van der Waals surface area contributed by atoms with Gasteiger partial charge in [0.15, 0.2) is 0 Å². The highest BCUT2D eigenvalue weighted by Crippen LogP contribution is 2.37. The zero-order chi connectivity index (χ0) is 14.1. The number of allylic oxidation sites excluding steroid dienone is 1. The highest BCUT2D eigenvalue weighted by atomic mass is 19.4. The van der Waals surface area contributed by atoms with Gasteiger partial charge in [-0.1, -0.05) is 13.0 Å². The van der Waals surface area contributed by atoms with Crippen LogP contribution in [0.3, 0.4) is 0 Å². The van der Waals surface area contributed by atoms with Crippen molar-refractivity contribution >= 4 is 0 Å². The number of benzene rings is 1. The van der Waals surface area contributed by atoms with Crippen LogP contribution >= 0.6 is 0 Å². The SMILES string of the molecule is C=C[C](C)c1cc(C(F)(F)F)cc(C(F)(F)F)c1. The molecule has 0 saturated heterocycles. The smallest absolute Gasteiger partial charge is 0.166 e. The predicted octanol–water partition coefficient (Wildman–Crippen LogP) is 4.85. The van der Waals surface area contributed by atoms with Gasteiger partial charge in [0.05, 0.1) is 11.1 Å². The largest absolute Gasteiger partial charge is 0.416 e. The maximum Gasteiger partial charge on any atom is 0.416 e. The molecule has 0 aliphatic heterocycles. The van der Waals surface area contributed by atoms with Crippen LogP contribution in [0.2, 0.25) is 0 Å². The van der Waals surface area contributed by atoms with Crippen molar-refractivity contribution in [3.8, 4) is 0 Å². The number of alkyl halides is 6. The van der Waals surface area contributed by atoms with Crippen molar-refractivity contribution in [2.75, 3.05) is 0 Å². The Bertz CT molecular complexity index is 409. The number of hydrogen-bond acceptors (Lipinski definition) is 0. The van der Waals surface area contributed by atoms with Crippen LogP contribution in [0.1, 0.15) is 23.6 Å². The van der Waals surface area contributed by atoms with E-state index in [1.54, 1.807) is 0 Å². The lowest BCUT2D eigenvalue weighted by Gasteiger charge is -2.15. The van der Waals surface area contributed by atoms with Crippen LogP contribution in [-0.2, 0) is 12.4 Å². The monoisotopic (exact) mass is 267 g/mol. The molecule has 0 saturated carbocycles. The van der Waals surface area contributed by atoms with E-state index in [2.05, 4.69) is 6.58 Å². The first-order valence-corrected chi connectivity index (χ1v) is 4.81. The van der Waals surface area contributed by atoms with Gasteiger partial charge in [-0.15, -0.1) is 6.58 Å². The molecule has 0 nitrogen and oxygen atoms in total. The van der Waals surface area contributed by atoms with Crippen molar-refractivity contribution in [3.05, 3.63) is 53.5 Å². The minimum Gasteiger partial charge on any atom is -0.166 e. The molecule has 0 atom stereocenters. The van der Waals surface area contributed by atoms with Crippen molar-refractivity contribution in [1.82, 2.24) is 0 Å². The molecular formula is C12H9F6. The Labute approximate surface area is 99.9 Å². The summed E-state index contributed by atoms with van der Waals surface area (Å²) in [6.45, 7) is 4.71. The fraction of sp³-hybridized carbons (Fsp3) is 0.250. The van der Waals surface area contributed by atoms with E-state index < -0.39 is 23.5 Å². The van der Waals surface area contributed by atoms with E-state index in [1.165, 1.54) is 13.0 Å². The molecule has 1 rings (SSSR count). The van der Waals surface area contributed by atoms with Crippen molar-refractivity contribution in [2.45, 2.75) is 19.3 Å². The molecule has 18 heavy (non-hydrogen) atoms. The van der Waals surface area contributed by atoms with Crippen LogP contribution in [0, 0.1) is 5.92 Å². The topological polar surface area (TPSA) is 0 Å². The third-order valence-corrected chi connectivity index (χ3v) is 2.35. The molecule has 0 aliphatic rings. The van der Waals surface area contributed by atoms with E-state index >= 15 is 0 Å². The van der Waals surface area contributed by atoms with Gasteiger partial charge in [0.25, 0.3) is 0 Å². The standard InChI is InChI=1S/C12H9F6/c1-3-7(2)8-4-9(11(13,14)15)6-10(5-8)12(16,17)18/h3-6H,1H2,2H3. The minimum absolute atomic E-state index is 0.0971. The molecule has 0 fully saturated rings. The molecule has 0 unspecified atom stereocenters. The molecule has 0 heterocycles. The van der Waals surface area contributed by atoms with Crippen molar-refractivity contribution < 1.29 is 26.3 Å². The Morgan fingerprint density at radius 2 is 1.33 bits per heavy atom. The van der Waals surface area contributed by atoms with E-state index in [0.29, 0.717) is 12.1 Å². The Hall–Kier alpha value is -1.46. The van der Waals surface area contributed by atoms with Crippen LogP contribution in [0.4, 0.5) is 26.3 Å². The molecule has 1 radical (unpaired) electrons. The second-order valence-electron chi connectivity index (χ2n) is 3.68. The van der Waals surface area contributed by atoms with Gasteiger partial charge in [0.1, 0.15) is 0 Å². The van der Waals surface area contributed by atoms with Gasteiger partial charge >= 0.3 is 12.4 Å². The highest BCUT2D eigenvalue weighted by molar-refractivity contribution is 5.42. The summed E-state index contributed by atoms with van der Waals surface area (Å²) in [5, 5.41) is 0. The van der Waals surface area contributed by atoms with Crippen molar-refractivity contribution in [3.63, 3.8) is 0 Å². The fourth-order valence-electron chi connectivity index (χ4n) is 1.30. The molecule has 0 amide bonds. The summed E-state index contributed by atoms with van der Waals surface area (Å²) in [7, 11) is 0. The summed E-state index contributed by atoms with van der Waals surface area (Å²) >= 11 is 0. The normalized spacial score (nSPS) is 12.9. The zero-order valence-corrected chi connectivity index (χ0v) is 9.28. The summed E-state index contributed by atoms with van der Waals surface area (Å²) < 4.78 is 75.0. The van der Waals surface area contributed by atoms with Crippen molar-refractivity contribution in [1.29, 1.82) is 0 Å². The first-order chi connectivity index (χ1) is 8.05. The highest BCUT2D eigenvalue weighted by Gasteiger charge is 2.37. The van der Waals surface area contributed by atoms with E-state index in [0.717, 1.165) is 0 Å². The van der Waals surface area contributed by atoms with Crippen LogP contribution in [-0.4, -0.2) is 0 Å². The molecule has 99 valence electrons. The van der Waals surface area contributed by atoms with E-state index in [4.69, 9.17) is 0 Å². The lowest BCUT2D eigenvalue weighted by Crippen LogP contribution is -2.12.